The SMILES string of the molecule is CCc1nc(Cl)c(C)c(NC2CCC(SC)C2)n1. The number of anilines is 1. The molecule has 0 aliphatic heterocycles. The van der Waals surface area contributed by atoms with E-state index in [1.165, 1.54) is 19.3 Å². The van der Waals surface area contributed by atoms with Crippen molar-refractivity contribution < 1.29 is 0 Å². The van der Waals surface area contributed by atoms with E-state index in [9.17, 15) is 0 Å². The number of thioether (sulfide) groups is 1. The predicted octanol–water partition coefficient (Wildman–Crippen LogP) is 3.70. The number of hydrogen-bond acceptors (Lipinski definition) is 4. The average Bonchev–Trinajstić information content (AvgIpc) is 2.82. The zero-order chi connectivity index (χ0) is 13.1. The predicted molar refractivity (Wildman–Crippen MR) is 79.7 cm³/mol. The van der Waals surface area contributed by atoms with Crippen LogP contribution in [0, 0.1) is 6.92 Å². The first-order chi connectivity index (χ1) is 8.63. The van der Waals surface area contributed by atoms with Gasteiger partial charge in [0.1, 0.15) is 16.8 Å². The zero-order valence-corrected chi connectivity index (χ0v) is 12.7. The molecule has 1 aliphatic rings. The van der Waals surface area contributed by atoms with Gasteiger partial charge in [0, 0.05) is 23.3 Å². The molecule has 0 bridgehead atoms. The summed E-state index contributed by atoms with van der Waals surface area (Å²) in [5.74, 6) is 1.73. The second-order valence-electron chi connectivity index (χ2n) is 4.77. The highest BCUT2D eigenvalue weighted by molar-refractivity contribution is 7.99. The molecule has 0 aromatic carbocycles. The highest BCUT2D eigenvalue weighted by Gasteiger charge is 2.24. The molecule has 0 saturated heterocycles. The van der Waals surface area contributed by atoms with Gasteiger partial charge in [0.15, 0.2) is 0 Å². The summed E-state index contributed by atoms with van der Waals surface area (Å²) >= 11 is 8.11. The van der Waals surface area contributed by atoms with Gasteiger partial charge in [-0.3, -0.25) is 0 Å². The number of rotatable bonds is 4. The molecule has 0 radical (unpaired) electrons. The first-order valence-electron chi connectivity index (χ1n) is 6.46. The standard InChI is InChI=1S/C13H20ClN3S/c1-4-11-16-12(14)8(2)13(17-11)15-9-5-6-10(7-9)18-3/h9-10H,4-7H2,1-3H3,(H,15,16,17). The minimum atomic E-state index is 0.525. The third-order valence-corrected chi connectivity index (χ3v) is 4.97. The first-order valence-corrected chi connectivity index (χ1v) is 8.13. The lowest BCUT2D eigenvalue weighted by molar-refractivity contribution is 0.746. The van der Waals surface area contributed by atoms with Gasteiger partial charge in [-0.15, -0.1) is 0 Å². The Kier molecular flexibility index (Phi) is 4.73. The second-order valence-corrected chi connectivity index (χ2v) is 6.27. The monoisotopic (exact) mass is 285 g/mol. The highest BCUT2D eigenvalue weighted by atomic mass is 35.5. The minimum absolute atomic E-state index is 0.525. The maximum atomic E-state index is 6.14. The molecule has 2 rings (SSSR count). The smallest absolute Gasteiger partial charge is 0.137 e. The van der Waals surface area contributed by atoms with Gasteiger partial charge in [-0.05, 0) is 32.4 Å². The lowest BCUT2D eigenvalue weighted by atomic mass is 10.2. The highest BCUT2D eigenvalue weighted by Crippen LogP contribution is 2.31. The zero-order valence-electron chi connectivity index (χ0n) is 11.2. The van der Waals surface area contributed by atoms with E-state index in [-0.39, 0.29) is 0 Å². The van der Waals surface area contributed by atoms with Gasteiger partial charge in [0.25, 0.3) is 0 Å². The van der Waals surface area contributed by atoms with E-state index >= 15 is 0 Å². The molecule has 18 heavy (non-hydrogen) atoms. The van der Waals surface area contributed by atoms with E-state index in [0.717, 1.165) is 28.9 Å². The van der Waals surface area contributed by atoms with Gasteiger partial charge in [0.2, 0.25) is 0 Å². The van der Waals surface area contributed by atoms with Crippen molar-refractivity contribution in [2.45, 2.75) is 50.8 Å². The van der Waals surface area contributed by atoms with Crippen LogP contribution in [0.1, 0.15) is 37.6 Å². The molecule has 5 heteroatoms. The van der Waals surface area contributed by atoms with Gasteiger partial charge >= 0.3 is 0 Å². The van der Waals surface area contributed by atoms with Crippen LogP contribution in [-0.2, 0) is 6.42 Å². The normalized spacial score (nSPS) is 23.3. The number of nitrogens with one attached hydrogen (secondary N) is 1. The summed E-state index contributed by atoms with van der Waals surface area (Å²) in [6.07, 6.45) is 6.72. The van der Waals surface area contributed by atoms with Crippen molar-refractivity contribution in [2.75, 3.05) is 11.6 Å². The lowest BCUT2D eigenvalue weighted by Crippen LogP contribution is -2.18. The minimum Gasteiger partial charge on any atom is -0.367 e. The van der Waals surface area contributed by atoms with Crippen molar-refractivity contribution in [1.82, 2.24) is 9.97 Å². The number of aromatic nitrogens is 2. The molecule has 1 saturated carbocycles. The Morgan fingerprint density at radius 2 is 2.17 bits per heavy atom. The van der Waals surface area contributed by atoms with Crippen molar-refractivity contribution in [3.8, 4) is 0 Å². The molecule has 100 valence electrons. The molecule has 1 heterocycles. The van der Waals surface area contributed by atoms with Crippen LogP contribution in [0.15, 0.2) is 0 Å². The Morgan fingerprint density at radius 1 is 1.39 bits per heavy atom. The molecule has 3 nitrogen and oxygen atoms in total. The summed E-state index contributed by atoms with van der Waals surface area (Å²) in [7, 11) is 0. The molecule has 1 aromatic rings. The van der Waals surface area contributed by atoms with E-state index in [0.29, 0.717) is 11.2 Å². The largest absolute Gasteiger partial charge is 0.367 e. The fourth-order valence-corrected chi connectivity index (χ4v) is 3.29. The molecule has 0 amide bonds. The Hall–Kier alpha value is -0.480. The maximum Gasteiger partial charge on any atom is 0.137 e. The summed E-state index contributed by atoms with van der Waals surface area (Å²) in [6, 6.07) is 0.525. The van der Waals surface area contributed by atoms with Crippen LogP contribution in [0.4, 0.5) is 5.82 Å². The topological polar surface area (TPSA) is 37.8 Å². The Morgan fingerprint density at radius 3 is 2.78 bits per heavy atom. The summed E-state index contributed by atoms with van der Waals surface area (Å²) in [4.78, 5) is 8.82. The molecular formula is C13H20ClN3S. The van der Waals surface area contributed by atoms with Crippen LogP contribution in [0.5, 0.6) is 0 Å². The van der Waals surface area contributed by atoms with Crippen molar-refractivity contribution in [3.63, 3.8) is 0 Å². The van der Waals surface area contributed by atoms with Crippen LogP contribution in [0.2, 0.25) is 5.15 Å². The molecule has 1 aliphatic carbocycles. The molecule has 0 spiro atoms. The van der Waals surface area contributed by atoms with Gasteiger partial charge in [-0.1, -0.05) is 18.5 Å². The van der Waals surface area contributed by atoms with E-state index < -0.39 is 0 Å². The number of nitrogens with zero attached hydrogens (tertiary/aromatic N) is 2. The molecule has 1 fully saturated rings. The Bertz CT molecular complexity index is 425. The van der Waals surface area contributed by atoms with Crippen molar-refractivity contribution in [1.29, 1.82) is 0 Å². The van der Waals surface area contributed by atoms with E-state index in [4.69, 9.17) is 11.6 Å². The maximum absolute atomic E-state index is 6.14. The fourth-order valence-electron chi connectivity index (χ4n) is 2.31. The van der Waals surface area contributed by atoms with Crippen LogP contribution in [0.3, 0.4) is 0 Å². The van der Waals surface area contributed by atoms with Gasteiger partial charge in [-0.25, -0.2) is 9.97 Å². The molecule has 2 atom stereocenters. The Labute approximate surface area is 118 Å². The summed E-state index contributed by atoms with van der Waals surface area (Å²) in [5.41, 5.74) is 0.960. The van der Waals surface area contributed by atoms with Crippen molar-refractivity contribution in [2.24, 2.45) is 0 Å². The number of halogens is 1. The van der Waals surface area contributed by atoms with E-state index in [1.807, 2.05) is 25.6 Å². The second kappa shape index (κ2) is 6.11. The molecule has 1 aromatic heterocycles. The Balaban J connectivity index is 2.11. The van der Waals surface area contributed by atoms with Crippen molar-refractivity contribution >= 4 is 29.2 Å². The summed E-state index contributed by atoms with van der Waals surface area (Å²) in [6.45, 7) is 4.02. The summed E-state index contributed by atoms with van der Waals surface area (Å²) < 4.78 is 0. The summed E-state index contributed by atoms with van der Waals surface area (Å²) in [5, 5.41) is 4.90. The quantitative estimate of drug-likeness (QED) is 0.856. The number of aryl methyl sites for hydroxylation is 1. The van der Waals surface area contributed by atoms with Crippen LogP contribution in [0.25, 0.3) is 0 Å². The van der Waals surface area contributed by atoms with Crippen LogP contribution in [-0.4, -0.2) is 27.5 Å². The van der Waals surface area contributed by atoms with Crippen molar-refractivity contribution in [3.05, 3.63) is 16.5 Å². The molecule has 1 N–H and O–H groups in total. The van der Waals surface area contributed by atoms with Crippen LogP contribution >= 0.6 is 23.4 Å². The van der Waals surface area contributed by atoms with E-state index in [2.05, 4.69) is 21.5 Å². The third kappa shape index (κ3) is 3.09. The molecular weight excluding hydrogens is 266 g/mol. The first kappa shape index (κ1) is 13.9. The number of hydrogen-bond donors (Lipinski definition) is 1. The average molecular weight is 286 g/mol. The van der Waals surface area contributed by atoms with Gasteiger partial charge in [-0.2, -0.15) is 11.8 Å². The van der Waals surface area contributed by atoms with E-state index in [1.54, 1.807) is 0 Å². The van der Waals surface area contributed by atoms with Gasteiger partial charge < -0.3 is 5.32 Å². The van der Waals surface area contributed by atoms with Gasteiger partial charge in [0.05, 0.1) is 0 Å². The molecule has 2 unspecified atom stereocenters. The third-order valence-electron chi connectivity index (χ3n) is 3.51. The van der Waals surface area contributed by atoms with Crippen LogP contribution < -0.4 is 5.32 Å². The lowest BCUT2D eigenvalue weighted by Gasteiger charge is -2.16. The fraction of sp³-hybridized carbons (Fsp3) is 0.692.